The highest BCUT2D eigenvalue weighted by Gasteiger charge is 2.05. The molecule has 0 fully saturated rings. The van der Waals surface area contributed by atoms with Gasteiger partial charge in [0.1, 0.15) is 0 Å². The van der Waals surface area contributed by atoms with Crippen LogP contribution in [0.3, 0.4) is 0 Å². The van der Waals surface area contributed by atoms with E-state index in [2.05, 4.69) is 17.6 Å². The van der Waals surface area contributed by atoms with E-state index in [0.29, 0.717) is 0 Å². The second-order valence-corrected chi connectivity index (χ2v) is 4.77. The van der Waals surface area contributed by atoms with E-state index < -0.39 is 0 Å². The number of aryl methyl sites for hydroxylation is 1. The smallest absolute Gasteiger partial charge is 0.243 e. The number of hydrogen-bond donors (Lipinski definition) is 3. The molecule has 2 rings (SSSR count). The number of carbonyl (C=O) groups excluding carboxylic acids is 1. The molecular formula is C17H20N2O2. The number of rotatable bonds is 6. The lowest BCUT2D eigenvalue weighted by atomic mass is 10.1. The van der Waals surface area contributed by atoms with Gasteiger partial charge in [-0.05, 0) is 35.7 Å². The van der Waals surface area contributed by atoms with Gasteiger partial charge in [-0.3, -0.25) is 4.79 Å². The third-order valence-electron chi connectivity index (χ3n) is 3.23. The van der Waals surface area contributed by atoms with Crippen molar-refractivity contribution in [2.75, 3.05) is 17.2 Å². The van der Waals surface area contributed by atoms with Crippen LogP contribution in [0.5, 0.6) is 0 Å². The van der Waals surface area contributed by atoms with Crippen LogP contribution in [0.1, 0.15) is 18.1 Å². The highest BCUT2D eigenvalue weighted by Crippen LogP contribution is 2.15. The van der Waals surface area contributed by atoms with E-state index in [1.54, 1.807) is 0 Å². The lowest BCUT2D eigenvalue weighted by Crippen LogP contribution is -2.22. The minimum atomic E-state index is -0.0923. The van der Waals surface area contributed by atoms with Gasteiger partial charge >= 0.3 is 0 Å². The molecule has 21 heavy (non-hydrogen) atoms. The maximum atomic E-state index is 12.0. The fraction of sp³-hybridized carbons (Fsp3) is 0.235. The van der Waals surface area contributed by atoms with E-state index >= 15 is 0 Å². The number of nitrogens with one attached hydrogen (secondary N) is 2. The Morgan fingerprint density at radius 1 is 1.14 bits per heavy atom. The third kappa shape index (κ3) is 4.33. The molecule has 0 aliphatic carbocycles. The molecule has 1 amide bonds. The number of carbonyl (C=O) groups is 1. The van der Waals surface area contributed by atoms with E-state index in [9.17, 15) is 4.79 Å². The summed E-state index contributed by atoms with van der Waals surface area (Å²) in [4.78, 5) is 12.0. The van der Waals surface area contributed by atoms with Gasteiger partial charge in [-0.2, -0.15) is 0 Å². The maximum Gasteiger partial charge on any atom is 0.243 e. The Labute approximate surface area is 124 Å². The van der Waals surface area contributed by atoms with Gasteiger partial charge < -0.3 is 15.7 Å². The first kappa shape index (κ1) is 15.1. The predicted molar refractivity (Wildman–Crippen MR) is 85.3 cm³/mol. The molecule has 0 saturated heterocycles. The fourth-order valence-electron chi connectivity index (χ4n) is 2.11. The number of hydrogen-bond acceptors (Lipinski definition) is 3. The molecule has 0 unspecified atom stereocenters. The van der Waals surface area contributed by atoms with Crippen molar-refractivity contribution < 1.29 is 9.90 Å². The van der Waals surface area contributed by atoms with Crippen LogP contribution in [0.2, 0.25) is 0 Å². The van der Waals surface area contributed by atoms with Gasteiger partial charge in [-0.25, -0.2) is 0 Å². The van der Waals surface area contributed by atoms with Crippen LogP contribution < -0.4 is 10.6 Å². The standard InChI is InChI=1S/C17H20N2O2/c1-2-14-7-3-4-9-16(14)19-17(21)11-18-15-8-5-6-13(10-15)12-20/h3-10,18,20H,2,11-12H2,1H3,(H,19,21). The maximum absolute atomic E-state index is 12.0. The van der Waals surface area contributed by atoms with Gasteiger partial charge in [0.25, 0.3) is 0 Å². The zero-order valence-corrected chi connectivity index (χ0v) is 12.1. The number of benzene rings is 2. The van der Waals surface area contributed by atoms with Crippen molar-refractivity contribution in [3.8, 4) is 0 Å². The average Bonchev–Trinajstić information content (AvgIpc) is 2.53. The third-order valence-corrected chi connectivity index (χ3v) is 3.23. The molecule has 0 saturated carbocycles. The molecule has 0 aromatic heterocycles. The van der Waals surface area contributed by atoms with Gasteiger partial charge in [0, 0.05) is 11.4 Å². The van der Waals surface area contributed by atoms with Crippen molar-refractivity contribution in [3.63, 3.8) is 0 Å². The van der Waals surface area contributed by atoms with Crippen LogP contribution in [0.15, 0.2) is 48.5 Å². The minimum absolute atomic E-state index is 0.00834. The Balaban J connectivity index is 1.92. The van der Waals surface area contributed by atoms with E-state index in [-0.39, 0.29) is 19.1 Å². The molecule has 0 aliphatic rings. The average molecular weight is 284 g/mol. The lowest BCUT2D eigenvalue weighted by molar-refractivity contribution is -0.114. The number of aliphatic hydroxyl groups excluding tert-OH is 1. The molecule has 2 aromatic rings. The Hall–Kier alpha value is -2.33. The van der Waals surface area contributed by atoms with E-state index in [4.69, 9.17) is 5.11 Å². The highest BCUT2D eigenvalue weighted by atomic mass is 16.3. The Morgan fingerprint density at radius 2 is 1.95 bits per heavy atom. The van der Waals surface area contributed by atoms with Crippen LogP contribution in [-0.2, 0) is 17.8 Å². The molecule has 0 bridgehead atoms. The van der Waals surface area contributed by atoms with Gasteiger partial charge in [0.2, 0.25) is 5.91 Å². The van der Waals surface area contributed by atoms with Crippen molar-refractivity contribution in [2.45, 2.75) is 20.0 Å². The first-order valence-corrected chi connectivity index (χ1v) is 7.04. The van der Waals surface area contributed by atoms with Crippen molar-refractivity contribution in [1.29, 1.82) is 0 Å². The largest absolute Gasteiger partial charge is 0.392 e. The summed E-state index contributed by atoms with van der Waals surface area (Å²) < 4.78 is 0. The molecule has 110 valence electrons. The number of amides is 1. The Morgan fingerprint density at radius 3 is 2.71 bits per heavy atom. The molecule has 3 N–H and O–H groups in total. The Kier molecular flexibility index (Phi) is 5.35. The van der Waals surface area contributed by atoms with Gasteiger partial charge in [-0.15, -0.1) is 0 Å². The molecule has 0 radical (unpaired) electrons. The van der Waals surface area contributed by atoms with Gasteiger partial charge in [-0.1, -0.05) is 37.3 Å². The van der Waals surface area contributed by atoms with E-state index in [1.165, 1.54) is 0 Å². The van der Waals surface area contributed by atoms with Crippen LogP contribution in [0.25, 0.3) is 0 Å². The van der Waals surface area contributed by atoms with Crippen molar-refractivity contribution in [2.24, 2.45) is 0 Å². The SMILES string of the molecule is CCc1ccccc1NC(=O)CNc1cccc(CO)c1. The van der Waals surface area contributed by atoms with Crippen molar-refractivity contribution >= 4 is 17.3 Å². The lowest BCUT2D eigenvalue weighted by Gasteiger charge is -2.11. The number of anilines is 2. The number of aliphatic hydroxyl groups is 1. The van der Waals surface area contributed by atoms with Crippen molar-refractivity contribution in [3.05, 3.63) is 59.7 Å². The zero-order valence-electron chi connectivity index (χ0n) is 12.1. The topological polar surface area (TPSA) is 61.4 Å². The van der Waals surface area contributed by atoms with E-state index in [0.717, 1.165) is 28.9 Å². The first-order chi connectivity index (χ1) is 10.2. The molecule has 0 atom stereocenters. The summed E-state index contributed by atoms with van der Waals surface area (Å²) in [6, 6.07) is 15.2. The van der Waals surface area contributed by atoms with Gasteiger partial charge in [0.05, 0.1) is 13.2 Å². The minimum Gasteiger partial charge on any atom is -0.392 e. The van der Waals surface area contributed by atoms with Crippen LogP contribution in [0, 0.1) is 0 Å². The molecule has 4 nitrogen and oxygen atoms in total. The van der Waals surface area contributed by atoms with Crippen LogP contribution >= 0.6 is 0 Å². The summed E-state index contributed by atoms with van der Waals surface area (Å²) in [5, 5.41) is 15.0. The second-order valence-electron chi connectivity index (χ2n) is 4.77. The summed E-state index contributed by atoms with van der Waals surface area (Å²) in [5.74, 6) is -0.0923. The molecule has 0 heterocycles. The summed E-state index contributed by atoms with van der Waals surface area (Å²) in [6.45, 7) is 2.24. The summed E-state index contributed by atoms with van der Waals surface area (Å²) in [5.41, 5.74) is 3.61. The second kappa shape index (κ2) is 7.45. The Bertz CT molecular complexity index is 611. The predicted octanol–water partition coefficient (Wildman–Crippen LogP) is 2.79. The van der Waals surface area contributed by atoms with Gasteiger partial charge in [0.15, 0.2) is 0 Å². The quantitative estimate of drug-likeness (QED) is 0.764. The number of para-hydroxylation sites is 1. The van der Waals surface area contributed by atoms with Crippen molar-refractivity contribution in [1.82, 2.24) is 0 Å². The van der Waals surface area contributed by atoms with E-state index in [1.807, 2.05) is 48.5 Å². The normalized spacial score (nSPS) is 10.2. The fourth-order valence-corrected chi connectivity index (χ4v) is 2.11. The van der Waals surface area contributed by atoms with Crippen LogP contribution in [-0.4, -0.2) is 17.6 Å². The summed E-state index contributed by atoms with van der Waals surface area (Å²) >= 11 is 0. The van der Waals surface area contributed by atoms with Crippen LogP contribution in [0.4, 0.5) is 11.4 Å². The summed E-state index contributed by atoms with van der Waals surface area (Å²) in [6.07, 6.45) is 0.877. The molecule has 0 aliphatic heterocycles. The monoisotopic (exact) mass is 284 g/mol. The molecule has 4 heteroatoms. The summed E-state index contributed by atoms with van der Waals surface area (Å²) in [7, 11) is 0. The molecular weight excluding hydrogens is 264 g/mol. The molecule has 2 aromatic carbocycles. The first-order valence-electron chi connectivity index (χ1n) is 7.04. The molecule has 0 spiro atoms. The zero-order chi connectivity index (χ0) is 15.1. The highest BCUT2D eigenvalue weighted by molar-refractivity contribution is 5.94.